The maximum Gasteiger partial charge on any atom is 0.225 e. The lowest BCUT2D eigenvalue weighted by atomic mass is 9.90. The van der Waals surface area contributed by atoms with E-state index in [0.29, 0.717) is 24.0 Å². The van der Waals surface area contributed by atoms with Gasteiger partial charge in [0, 0.05) is 30.1 Å². The van der Waals surface area contributed by atoms with Crippen molar-refractivity contribution in [2.24, 2.45) is 0 Å². The van der Waals surface area contributed by atoms with E-state index in [9.17, 15) is 0 Å². The van der Waals surface area contributed by atoms with Crippen LogP contribution >= 0.6 is 22.9 Å². The van der Waals surface area contributed by atoms with Crippen LogP contribution in [0.3, 0.4) is 0 Å². The number of morpholine rings is 1. The molecule has 2 aromatic heterocycles. The number of thiophene rings is 1. The van der Waals surface area contributed by atoms with Crippen molar-refractivity contribution < 1.29 is 9.47 Å². The predicted octanol–water partition coefficient (Wildman–Crippen LogP) is 4.50. The first-order chi connectivity index (χ1) is 14.3. The van der Waals surface area contributed by atoms with E-state index in [0.717, 1.165) is 55.4 Å². The number of rotatable bonds is 3. The fourth-order valence-electron chi connectivity index (χ4n) is 4.62. The Morgan fingerprint density at radius 2 is 1.79 bits per heavy atom. The number of nitrogens with one attached hydrogen (secondary N) is 1. The Hall–Kier alpha value is -0.990. The first-order valence-corrected chi connectivity index (χ1v) is 12.1. The molecule has 8 heteroatoms. The summed E-state index contributed by atoms with van der Waals surface area (Å²) in [4.78, 5) is 13.9. The highest BCUT2D eigenvalue weighted by Gasteiger charge is 2.28. The van der Waals surface area contributed by atoms with Gasteiger partial charge in [-0.2, -0.15) is 0 Å². The van der Waals surface area contributed by atoms with E-state index in [1.807, 2.05) is 13.8 Å². The minimum atomic E-state index is 0.325. The van der Waals surface area contributed by atoms with Gasteiger partial charge in [-0.15, -0.1) is 11.3 Å². The van der Waals surface area contributed by atoms with Gasteiger partial charge in [-0.05, 0) is 49.3 Å². The molecule has 1 saturated carbocycles. The maximum atomic E-state index is 6.22. The Labute approximate surface area is 181 Å². The van der Waals surface area contributed by atoms with Crippen molar-refractivity contribution in [3.05, 3.63) is 15.7 Å². The van der Waals surface area contributed by atoms with Crippen LogP contribution in [-0.4, -0.2) is 59.9 Å². The third kappa shape index (κ3) is 4.69. The summed E-state index contributed by atoms with van der Waals surface area (Å²) in [6.45, 7) is 9.36. The van der Waals surface area contributed by atoms with Gasteiger partial charge in [-0.3, -0.25) is 4.90 Å². The molecule has 0 aromatic carbocycles. The molecule has 29 heavy (non-hydrogen) atoms. The molecule has 0 amide bonds. The quantitative estimate of drug-likeness (QED) is 0.712. The van der Waals surface area contributed by atoms with Crippen LogP contribution in [0.4, 0.5) is 5.82 Å². The van der Waals surface area contributed by atoms with Crippen molar-refractivity contribution in [2.45, 2.75) is 64.6 Å². The molecule has 0 radical (unpaired) electrons. The van der Waals surface area contributed by atoms with Gasteiger partial charge in [0.15, 0.2) is 0 Å². The average Bonchev–Trinajstić information content (AvgIpc) is 3.14. The summed E-state index contributed by atoms with van der Waals surface area (Å²) in [6, 6.07) is 1.15. The van der Waals surface area contributed by atoms with E-state index in [4.69, 9.17) is 21.1 Å². The highest BCUT2D eigenvalue weighted by molar-refractivity contribution is 7.19. The molecule has 1 saturated heterocycles. The molecule has 160 valence electrons. The van der Waals surface area contributed by atoms with Gasteiger partial charge in [-0.1, -0.05) is 13.8 Å². The molecule has 3 aliphatic rings. The monoisotopic (exact) mass is 438 g/mol. The summed E-state index contributed by atoms with van der Waals surface area (Å²) in [5, 5.41) is 5.20. The highest BCUT2D eigenvalue weighted by Crippen LogP contribution is 2.38. The SMILES string of the molecule is CC.Clc1nc(NC2CCC(N3CCOCC3)CC2)c2c3c(sc2n1)COCC3. The van der Waals surface area contributed by atoms with Crippen molar-refractivity contribution in [2.75, 3.05) is 38.2 Å². The van der Waals surface area contributed by atoms with Crippen molar-refractivity contribution in [3.8, 4) is 0 Å². The molecular formula is C21H31ClN4O2S. The van der Waals surface area contributed by atoms with Crippen LogP contribution in [0.5, 0.6) is 0 Å². The summed E-state index contributed by atoms with van der Waals surface area (Å²) in [5.74, 6) is 0.916. The number of hydrogen-bond donors (Lipinski definition) is 1. The Balaban J connectivity index is 0.000000994. The predicted molar refractivity (Wildman–Crippen MR) is 119 cm³/mol. The summed E-state index contributed by atoms with van der Waals surface area (Å²) >= 11 is 7.91. The summed E-state index contributed by atoms with van der Waals surface area (Å²) in [7, 11) is 0. The van der Waals surface area contributed by atoms with E-state index in [2.05, 4.69) is 20.2 Å². The molecule has 2 aliphatic heterocycles. The van der Waals surface area contributed by atoms with E-state index >= 15 is 0 Å². The number of nitrogens with zero attached hydrogens (tertiary/aromatic N) is 3. The Morgan fingerprint density at radius 3 is 2.55 bits per heavy atom. The second kappa shape index (κ2) is 9.88. The summed E-state index contributed by atoms with van der Waals surface area (Å²) in [6.07, 6.45) is 5.73. The van der Waals surface area contributed by atoms with Crippen LogP contribution in [0, 0.1) is 0 Å². The van der Waals surface area contributed by atoms with Gasteiger partial charge < -0.3 is 14.8 Å². The lowest BCUT2D eigenvalue weighted by molar-refractivity contribution is 0.00791. The zero-order chi connectivity index (χ0) is 20.2. The standard InChI is InChI=1S/C19H25ClN4O2S.C2H6/c20-19-22-17(16-14-5-8-26-11-15(14)27-18(16)23-19)21-12-1-3-13(4-2-12)24-6-9-25-10-7-24;1-2/h12-13H,1-11H2,(H,21,22,23);1-2H3. The molecule has 0 spiro atoms. The zero-order valence-electron chi connectivity index (χ0n) is 17.4. The van der Waals surface area contributed by atoms with Crippen molar-refractivity contribution in [1.82, 2.24) is 14.9 Å². The van der Waals surface area contributed by atoms with E-state index < -0.39 is 0 Å². The smallest absolute Gasteiger partial charge is 0.225 e. The van der Waals surface area contributed by atoms with Crippen LogP contribution in [0.25, 0.3) is 10.2 Å². The lowest BCUT2D eigenvalue weighted by Crippen LogP contribution is -2.46. The van der Waals surface area contributed by atoms with Crippen LogP contribution < -0.4 is 5.32 Å². The first-order valence-electron chi connectivity index (χ1n) is 10.9. The summed E-state index contributed by atoms with van der Waals surface area (Å²) in [5.41, 5.74) is 1.35. The van der Waals surface area contributed by atoms with Gasteiger partial charge in [0.25, 0.3) is 0 Å². The molecule has 5 rings (SSSR count). The number of hydrogen-bond acceptors (Lipinski definition) is 7. The van der Waals surface area contributed by atoms with Crippen LogP contribution in [0.15, 0.2) is 0 Å². The van der Waals surface area contributed by atoms with Crippen LogP contribution in [0.2, 0.25) is 5.28 Å². The second-order valence-corrected chi connectivity index (χ2v) is 9.05. The minimum Gasteiger partial charge on any atom is -0.379 e. The van der Waals surface area contributed by atoms with Crippen LogP contribution in [0.1, 0.15) is 50.0 Å². The normalized spacial score (nSPS) is 25.2. The third-order valence-corrected chi connectivity index (χ3v) is 7.30. The van der Waals surface area contributed by atoms with Gasteiger partial charge in [0.2, 0.25) is 5.28 Å². The average molecular weight is 439 g/mol. The molecular weight excluding hydrogens is 408 g/mol. The molecule has 2 aromatic rings. The lowest BCUT2D eigenvalue weighted by Gasteiger charge is -2.39. The van der Waals surface area contributed by atoms with Gasteiger partial charge >= 0.3 is 0 Å². The molecule has 4 heterocycles. The Kier molecular flexibility index (Phi) is 7.24. The Morgan fingerprint density at radius 1 is 1.03 bits per heavy atom. The van der Waals surface area contributed by atoms with E-state index in [-0.39, 0.29) is 0 Å². The van der Waals surface area contributed by atoms with Crippen molar-refractivity contribution >= 4 is 39.0 Å². The van der Waals surface area contributed by atoms with Gasteiger partial charge in [0.05, 0.1) is 31.8 Å². The molecule has 1 aliphatic carbocycles. The Bertz CT molecular complexity index is 817. The fraction of sp³-hybridized carbons (Fsp3) is 0.714. The molecule has 6 nitrogen and oxygen atoms in total. The molecule has 0 atom stereocenters. The maximum absolute atomic E-state index is 6.22. The van der Waals surface area contributed by atoms with Crippen molar-refractivity contribution in [3.63, 3.8) is 0 Å². The molecule has 1 N–H and O–H groups in total. The van der Waals surface area contributed by atoms with Gasteiger partial charge in [-0.25, -0.2) is 9.97 Å². The zero-order valence-corrected chi connectivity index (χ0v) is 18.9. The van der Waals surface area contributed by atoms with Crippen molar-refractivity contribution in [1.29, 1.82) is 0 Å². The summed E-state index contributed by atoms with van der Waals surface area (Å²) < 4.78 is 11.1. The van der Waals surface area contributed by atoms with E-state index in [1.165, 1.54) is 36.1 Å². The molecule has 0 bridgehead atoms. The number of fused-ring (bicyclic) bond motifs is 3. The fourth-order valence-corrected chi connectivity index (χ4v) is 6.00. The number of halogens is 1. The molecule has 0 unspecified atom stereocenters. The van der Waals surface area contributed by atoms with Crippen LogP contribution in [-0.2, 0) is 22.5 Å². The molecule has 2 fully saturated rings. The van der Waals surface area contributed by atoms with Gasteiger partial charge in [0.1, 0.15) is 10.6 Å². The number of ether oxygens (including phenoxy) is 2. The highest BCUT2D eigenvalue weighted by atomic mass is 35.5. The third-order valence-electron chi connectivity index (χ3n) is 6.04. The second-order valence-electron chi connectivity index (χ2n) is 7.63. The number of anilines is 1. The number of aromatic nitrogens is 2. The topological polar surface area (TPSA) is 59.5 Å². The largest absolute Gasteiger partial charge is 0.379 e. The minimum absolute atomic E-state index is 0.325. The van der Waals surface area contributed by atoms with E-state index in [1.54, 1.807) is 11.3 Å². The first kappa shape index (κ1) is 21.2.